The number of aromatic nitrogens is 2. The number of pyridine rings is 2. The van der Waals surface area contributed by atoms with Crippen LogP contribution >= 0.6 is 11.6 Å². The van der Waals surface area contributed by atoms with Gasteiger partial charge in [0.05, 0.1) is 6.54 Å². The highest BCUT2D eigenvalue weighted by molar-refractivity contribution is 6.29. The Morgan fingerprint density at radius 3 is 2.57 bits per heavy atom. The minimum absolute atomic E-state index is 0.269. The third-order valence-electron chi connectivity index (χ3n) is 3.68. The fourth-order valence-electron chi connectivity index (χ4n) is 2.41. The second kappa shape index (κ2) is 9.31. The summed E-state index contributed by atoms with van der Waals surface area (Å²) in [4.78, 5) is 16.1. The Morgan fingerprint density at radius 2 is 1.90 bits per heavy atom. The van der Waals surface area contributed by atoms with Gasteiger partial charge in [0.1, 0.15) is 10.9 Å². The van der Waals surface area contributed by atoms with Crippen LogP contribution in [-0.4, -0.2) is 21.9 Å². The molecule has 0 saturated heterocycles. The third kappa shape index (κ3) is 6.52. The zero-order valence-electron chi connectivity index (χ0n) is 15.2. The van der Waals surface area contributed by atoms with E-state index in [2.05, 4.69) is 25.6 Å². The quantitative estimate of drug-likeness (QED) is 0.465. The lowest BCUT2D eigenvalue weighted by Gasteiger charge is -2.10. The van der Waals surface area contributed by atoms with Gasteiger partial charge >= 0.3 is 12.4 Å². The van der Waals surface area contributed by atoms with Crippen LogP contribution in [0.5, 0.6) is 5.75 Å². The Kier molecular flexibility index (Phi) is 6.58. The highest BCUT2D eigenvalue weighted by Gasteiger charge is 2.30. The van der Waals surface area contributed by atoms with Crippen molar-refractivity contribution in [3.8, 4) is 5.75 Å². The van der Waals surface area contributed by atoms with Crippen molar-refractivity contribution in [2.45, 2.75) is 12.9 Å². The number of nitrogens with one attached hydrogen (secondary N) is 2. The first-order valence-corrected chi connectivity index (χ1v) is 8.89. The molecule has 1 aromatic carbocycles. The number of benzene rings is 1. The predicted molar refractivity (Wildman–Crippen MR) is 104 cm³/mol. The summed E-state index contributed by atoms with van der Waals surface area (Å²) in [5.74, 6) is -0.389. The fourth-order valence-corrected chi connectivity index (χ4v) is 2.52. The molecule has 0 spiro atoms. The van der Waals surface area contributed by atoms with Crippen LogP contribution in [0.3, 0.4) is 0 Å². The lowest BCUT2D eigenvalue weighted by Crippen LogP contribution is -2.30. The summed E-state index contributed by atoms with van der Waals surface area (Å²) in [5, 5.41) is 6.91. The second-order valence-corrected chi connectivity index (χ2v) is 6.31. The first-order chi connectivity index (χ1) is 14.3. The number of halogens is 4. The molecule has 30 heavy (non-hydrogen) atoms. The molecule has 3 rings (SSSR count). The van der Waals surface area contributed by atoms with E-state index in [0.717, 1.165) is 17.7 Å². The molecule has 0 fully saturated rings. The zero-order valence-corrected chi connectivity index (χ0v) is 16.0. The normalized spacial score (nSPS) is 11.8. The number of carbonyl (C=O) groups is 1. The van der Waals surface area contributed by atoms with E-state index in [-0.39, 0.29) is 11.4 Å². The van der Waals surface area contributed by atoms with Crippen LogP contribution in [0.4, 0.5) is 23.7 Å². The van der Waals surface area contributed by atoms with Crippen molar-refractivity contribution < 1.29 is 22.7 Å². The summed E-state index contributed by atoms with van der Waals surface area (Å²) in [6.07, 6.45) is -1.36. The Morgan fingerprint density at radius 1 is 1.13 bits per heavy atom. The molecule has 0 aliphatic heterocycles. The lowest BCUT2D eigenvalue weighted by atomic mass is 10.3. The van der Waals surface area contributed by atoms with E-state index < -0.39 is 12.4 Å². The number of nitrogens with zero attached hydrogens (tertiary/aromatic N) is 3. The average Bonchev–Trinajstić information content (AvgIpc) is 2.69. The lowest BCUT2D eigenvalue weighted by molar-refractivity contribution is -0.274. The molecule has 0 unspecified atom stereocenters. The number of urea groups is 1. The number of ether oxygens (including phenoxy) is 1. The Balaban J connectivity index is 1.64. The topological polar surface area (TPSA) is 80.5 Å². The first-order valence-electron chi connectivity index (χ1n) is 8.51. The maximum atomic E-state index is 12.2. The molecular weight excluding hydrogens is 423 g/mol. The molecule has 0 radical (unpaired) electrons. The van der Waals surface area contributed by atoms with Crippen LogP contribution < -0.4 is 21.0 Å². The minimum atomic E-state index is -4.78. The Hall–Kier alpha value is -3.53. The molecule has 11 heteroatoms. The first kappa shape index (κ1) is 21.2. The molecule has 0 aliphatic rings. The van der Waals surface area contributed by atoms with Crippen molar-refractivity contribution in [2.75, 3.05) is 5.32 Å². The summed E-state index contributed by atoms with van der Waals surface area (Å²) in [7, 11) is 0. The van der Waals surface area contributed by atoms with E-state index in [1.165, 1.54) is 12.1 Å². The Labute approximate surface area is 173 Å². The maximum absolute atomic E-state index is 12.2. The van der Waals surface area contributed by atoms with Crippen LogP contribution in [0.2, 0.25) is 5.15 Å². The van der Waals surface area contributed by atoms with Crippen LogP contribution in [-0.2, 0) is 6.54 Å². The molecule has 0 saturated carbocycles. The molecule has 0 aliphatic carbocycles. The minimum Gasteiger partial charge on any atom is -0.406 e. The number of alkyl halides is 3. The van der Waals surface area contributed by atoms with Gasteiger partial charge in [0.25, 0.3) is 0 Å². The van der Waals surface area contributed by atoms with Crippen molar-refractivity contribution >= 4 is 23.3 Å². The van der Waals surface area contributed by atoms with Crippen LogP contribution in [0, 0.1) is 0 Å². The average molecular weight is 438 g/mol. The standard InChI is InChI=1S/C19H15ClF3N5O2/c20-16-9-4-13(11-24-16)12-28-10-2-1-3-17(28)26-27-18(29)25-14-5-7-15(8-6-14)30-19(21,22)23/h1-11H,12H2,(H2,25,27,29)/b26-17+. The monoisotopic (exact) mass is 437 g/mol. The number of anilines is 1. The molecule has 156 valence electrons. The van der Waals surface area contributed by atoms with Gasteiger partial charge in [-0.2, -0.15) is 5.10 Å². The SMILES string of the molecule is O=C(N/N=c1\ccccn1Cc1ccc(Cl)nc1)Nc1ccc(OC(F)(F)F)cc1. The van der Waals surface area contributed by atoms with Gasteiger partial charge in [-0.1, -0.05) is 23.7 Å². The fraction of sp³-hybridized carbons (Fsp3) is 0.105. The van der Waals surface area contributed by atoms with Gasteiger partial charge in [0.2, 0.25) is 0 Å². The van der Waals surface area contributed by atoms with Gasteiger partial charge < -0.3 is 14.6 Å². The Bertz CT molecular complexity index is 1070. The van der Waals surface area contributed by atoms with E-state index in [9.17, 15) is 18.0 Å². The van der Waals surface area contributed by atoms with E-state index in [1.54, 1.807) is 35.2 Å². The highest BCUT2D eigenvalue weighted by Crippen LogP contribution is 2.23. The molecular formula is C19H15ClF3N5O2. The van der Waals surface area contributed by atoms with Gasteiger partial charge in [-0.3, -0.25) is 0 Å². The summed E-state index contributed by atoms with van der Waals surface area (Å²) < 4.78 is 42.1. The maximum Gasteiger partial charge on any atom is 0.573 e. The van der Waals surface area contributed by atoms with Crippen LogP contribution in [0.15, 0.2) is 72.1 Å². The van der Waals surface area contributed by atoms with Gasteiger partial charge in [0, 0.05) is 18.1 Å². The number of hydrogen-bond donors (Lipinski definition) is 2. The van der Waals surface area contributed by atoms with E-state index in [4.69, 9.17) is 11.6 Å². The molecule has 0 bridgehead atoms. The molecule has 0 atom stereocenters. The molecule has 2 aromatic heterocycles. The van der Waals surface area contributed by atoms with Gasteiger partial charge in [-0.25, -0.2) is 15.2 Å². The molecule has 7 nitrogen and oxygen atoms in total. The molecule has 3 aromatic rings. The predicted octanol–water partition coefficient (Wildman–Crippen LogP) is 4.12. The molecule has 2 heterocycles. The van der Waals surface area contributed by atoms with Crippen molar-refractivity contribution in [3.05, 3.63) is 83.2 Å². The van der Waals surface area contributed by atoms with Crippen LogP contribution in [0.1, 0.15) is 5.56 Å². The summed E-state index contributed by atoms with van der Waals surface area (Å²) in [6.45, 7) is 0.452. The molecule has 2 amide bonds. The van der Waals surface area contributed by atoms with Crippen molar-refractivity contribution in [2.24, 2.45) is 5.10 Å². The number of carbonyl (C=O) groups excluding carboxylic acids is 1. The largest absolute Gasteiger partial charge is 0.573 e. The number of rotatable bonds is 5. The van der Waals surface area contributed by atoms with E-state index in [0.29, 0.717) is 17.2 Å². The summed E-state index contributed by atoms with van der Waals surface area (Å²) in [5.41, 5.74) is 3.97. The summed E-state index contributed by atoms with van der Waals surface area (Å²) >= 11 is 5.79. The highest BCUT2D eigenvalue weighted by atomic mass is 35.5. The third-order valence-corrected chi connectivity index (χ3v) is 3.90. The number of hydrogen-bond acceptors (Lipinski definition) is 4. The van der Waals surface area contributed by atoms with E-state index >= 15 is 0 Å². The van der Waals surface area contributed by atoms with Crippen molar-refractivity contribution in [1.82, 2.24) is 15.0 Å². The summed E-state index contributed by atoms with van der Waals surface area (Å²) in [6, 6.07) is 12.8. The van der Waals surface area contributed by atoms with Crippen molar-refractivity contribution in [1.29, 1.82) is 0 Å². The van der Waals surface area contributed by atoms with Gasteiger partial charge in [0.15, 0.2) is 5.49 Å². The van der Waals surface area contributed by atoms with Crippen molar-refractivity contribution in [3.63, 3.8) is 0 Å². The molecule has 2 N–H and O–H groups in total. The van der Waals surface area contributed by atoms with Gasteiger partial charge in [-0.05, 0) is 48.0 Å². The number of amides is 2. The zero-order chi connectivity index (χ0) is 21.6. The van der Waals surface area contributed by atoms with E-state index in [1.807, 2.05) is 12.1 Å². The second-order valence-electron chi connectivity index (χ2n) is 5.93. The smallest absolute Gasteiger partial charge is 0.406 e. The van der Waals surface area contributed by atoms with Crippen LogP contribution in [0.25, 0.3) is 0 Å². The van der Waals surface area contributed by atoms with Gasteiger partial charge in [-0.15, -0.1) is 13.2 Å².